The summed E-state index contributed by atoms with van der Waals surface area (Å²) in [4.78, 5) is 13.2. The molecule has 0 atom stereocenters. The molecule has 2 N–H and O–H groups in total. The molecular weight excluding hydrogens is 288 g/mol. The Morgan fingerprint density at radius 2 is 1.70 bits per heavy atom. The molecule has 0 fully saturated rings. The molecule has 0 aliphatic carbocycles. The molecule has 0 saturated heterocycles. The highest BCUT2D eigenvalue weighted by molar-refractivity contribution is 5.59. The second-order valence-electron chi connectivity index (χ2n) is 6.01. The summed E-state index contributed by atoms with van der Waals surface area (Å²) >= 11 is 0. The van der Waals surface area contributed by atoms with E-state index >= 15 is 0 Å². The van der Waals surface area contributed by atoms with Crippen LogP contribution in [0.4, 0.5) is 23.1 Å². The van der Waals surface area contributed by atoms with Crippen molar-refractivity contribution in [1.82, 2.24) is 14.9 Å². The summed E-state index contributed by atoms with van der Waals surface area (Å²) in [5.41, 5.74) is 3.06. The maximum absolute atomic E-state index is 4.52. The van der Waals surface area contributed by atoms with Crippen LogP contribution in [0.1, 0.15) is 5.69 Å². The molecule has 0 saturated carbocycles. The minimum atomic E-state index is 0.606. The summed E-state index contributed by atoms with van der Waals surface area (Å²) < 4.78 is 0. The molecule has 124 valence electrons. The maximum Gasteiger partial charge on any atom is 0.229 e. The van der Waals surface area contributed by atoms with E-state index in [4.69, 9.17) is 0 Å². The number of rotatable bonds is 7. The summed E-state index contributed by atoms with van der Waals surface area (Å²) in [5, 5.41) is 6.59. The number of benzene rings is 1. The molecule has 2 rings (SSSR count). The molecule has 23 heavy (non-hydrogen) atoms. The van der Waals surface area contributed by atoms with Crippen molar-refractivity contribution in [2.45, 2.75) is 6.92 Å². The average Bonchev–Trinajstić information content (AvgIpc) is 2.46. The fourth-order valence-electron chi connectivity index (χ4n) is 2.09. The maximum atomic E-state index is 4.52. The number of aromatic nitrogens is 2. The first-order valence-corrected chi connectivity index (χ1v) is 7.73. The van der Waals surface area contributed by atoms with E-state index in [0.717, 1.165) is 36.0 Å². The third-order valence-corrected chi connectivity index (χ3v) is 3.36. The molecule has 0 spiro atoms. The van der Waals surface area contributed by atoms with Crippen LogP contribution in [0.5, 0.6) is 0 Å². The number of hydrogen-bond acceptors (Lipinski definition) is 6. The average molecular weight is 314 g/mol. The van der Waals surface area contributed by atoms with Gasteiger partial charge in [0, 0.05) is 50.3 Å². The summed E-state index contributed by atoms with van der Waals surface area (Å²) in [7, 11) is 8.16. The number of nitrogens with zero attached hydrogens (tertiary/aromatic N) is 4. The van der Waals surface area contributed by atoms with Gasteiger partial charge in [-0.15, -0.1) is 0 Å². The van der Waals surface area contributed by atoms with Crippen molar-refractivity contribution in [3.63, 3.8) is 0 Å². The van der Waals surface area contributed by atoms with Gasteiger partial charge in [-0.3, -0.25) is 0 Å². The Morgan fingerprint density at radius 3 is 2.30 bits per heavy atom. The highest BCUT2D eigenvalue weighted by Gasteiger charge is 2.03. The fraction of sp³-hybridized carbons (Fsp3) is 0.412. The van der Waals surface area contributed by atoms with E-state index in [-0.39, 0.29) is 0 Å². The first-order chi connectivity index (χ1) is 10.9. The van der Waals surface area contributed by atoms with E-state index in [0.29, 0.717) is 5.95 Å². The number of hydrogen-bond donors (Lipinski definition) is 2. The standard InChI is InChI=1S/C17H26N6/c1-13-12-16(18-10-11-22(2)3)21-17(19-13)20-14-6-8-15(9-7-14)23(4)5/h6-9,12H,10-11H2,1-5H3,(H2,18,19,20,21). The van der Waals surface area contributed by atoms with Gasteiger partial charge in [-0.2, -0.15) is 4.98 Å². The van der Waals surface area contributed by atoms with E-state index < -0.39 is 0 Å². The third-order valence-electron chi connectivity index (χ3n) is 3.36. The van der Waals surface area contributed by atoms with Crippen LogP contribution in [-0.4, -0.2) is 56.1 Å². The lowest BCUT2D eigenvalue weighted by atomic mass is 10.2. The Hall–Kier alpha value is -2.34. The quantitative estimate of drug-likeness (QED) is 0.819. The van der Waals surface area contributed by atoms with E-state index in [1.165, 1.54) is 0 Å². The van der Waals surface area contributed by atoms with Gasteiger partial charge in [0.25, 0.3) is 0 Å². The number of aryl methyl sites for hydroxylation is 1. The van der Waals surface area contributed by atoms with E-state index in [1.807, 2.05) is 39.2 Å². The molecule has 0 amide bonds. The summed E-state index contributed by atoms with van der Waals surface area (Å²) in [6, 6.07) is 10.1. The van der Waals surface area contributed by atoms with Crippen molar-refractivity contribution in [2.75, 3.05) is 56.8 Å². The highest BCUT2D eigenvalue weighted by Crippen LogP contribution is 2.19. The van der Waals surface area contributed by atoms with Gasteiger partial charge in [-0.05, 0) is 45.3 Å². The molecule has 1 aromatic carbocycles. The van der Waals surface area contributed by atoms with Crippen molar-refractivity contribution in [3.05, 3.63) is 36.0 Å². The molecule has 6 nitrogen and oxygen atoms in total. The molecule has 6 heteroatoms. The van der Waals surface area contributed by atoms with Crippen LogP contribution in [0.2, 0.25) is 0 Å². The van der Waals surface area contributed by atoms with Gasteiger partial charge in [0.2, 0.25) is 5.95 Å². The van der Waals surface area contributed by atoms with Crippen LogP contribution < -0.4 is 15.5 Å². The Kier molecular flexibility index (Phi) is 5.76. The van der Waals surface area contributed by atoms with Gasteiger partial charge in [-0.25, -0.2) is 4.98 Å². The smallest absolute Gasteiger partial charge is 0.229 e. The van der Waals surface area contributed by atoms with Gasteiger partial charge in [0.15, 0.2) is 0 Å². The van der Waals surface area contributed by atoms with Crippen LogP contribution in [-0.2, 0) is 0 Å². The SMILES string of the molecule is Cc1cc(NCCN(C)C)nc(Nc2ccc(N(C)C)cc2)n1. The van der Waals surface area contributed by atoms with E-state index in [2.05, 4.69) is 56.6 Å². The van der Waals surface area contributed by atoms with Crippen molar-refractivity contribution < 1.29 is 0 Å². The topological polar surface area (TPSA) is 56.3 Å². The monoisotopic (exact) mass is 314 g/mol. The first kappa shape index (κ1) is 17.0. The van der Waals surface area contributed by atoms with Gasteiger partial charge in [0.05, 0.1) is 0 Å². The van der Waals surface area contributed by atoms with Crippen LogP contribution in [0.25, 0.3) is 0 Å². The van der Waals surface area contributed by atoms with Crippen molar-refractivity contribution >= 4 is 23.1 Å². The summed E-state index contributed by atoms with van der Waals surface area (Å²) in [5.74, 6) is 1.45. The van der Waals surface area contributed by atoms with Crippen LogP contribution in [0.15, 0.2) is 30.3 Å². The molecule has 0 unspecified atom stereocenters. The molecule has 1 aromatic heterocycles. The number of anilines is 4. The second kappa shape index (κ2) is 7.78. The summed E-state index contributed by atoms with van der Waals surface area (Å²) in [6.07, 6.45) is 0. The highest BCUT2D eigenvalue weighted by atomic mass is 15.2. The predicted octanol–water partition coefficient (Wildman–Crippen LogP) is 2.57. The Labute approximate surface area is 138 Å². The van der Waals surface area contributed by atoms with Crippen LogP contribution >= 0.6 is 0 Å². The van der Waals surface area contributed by atoms with E-state index in [1.54, 1.807) is 0 Å². The first-order valence-electron chi connectivity index (χ1n) is 7.73. The molecule has 2 aromatic rings. The van der Waals surface area contributed by atoms with Gasteiger partial charge >= 0.3 is 0 Å². The van der Waals surface area contributed by atoms with Crippen LogP contribution in [0, 0.1) is 6.92 Å². The van der Waals surface area contributed by atoms with Crippen LogP contribution in [0.3, 0.4) is 0 Å². The lowest BCUT2D eigenvalue weighted by Crippen LogP contribution is -2.21. The molecule has 1 heterocycles. The second-order valence-corrected chi connectivity index (χ2v) is 6.01. The van der Waals surface area contributed by atoms with Gasteiger partial charge in [0.1, 0.15) is 5.82 Å². The fourth-order valence-corrected chi connectivity index (χ4v) is 2.09. The number of nitrogens with one attached hydrogen (secondary N) is 2. The zero-order valence-corrected chi connectivity index (χ0v) is 14.6. The number of likely N-dealkylation sites (N-methyl/N-ethyl adjacent to an activating group) is 1. The van der Waals surface area contributed by atoms with E-state index in [9.17, 15) is 0 Å². The van der Waals surface area contributed by atoms with Gasteiger partial charge in [-0.1, -0.05) is 0 Å². The van der Waals surface area contributed by atoms with Crippen molar-refractivity contribution in [1.29, 1.82) is 0 Å². The molecule has 0 radical (unpaired) electrons. The van der Waals surface area contributed by atoms with Crippen molar-refractivity contribution in [3.8, 4) is 0 Å². The lowest BCUT2D eigenvalue weighted by Gasteiger charge is -2.14. The zero-order chi connectivity index (χ0) is 16.8. The Balaban J connectivity index is 2.05. The third kappa shape index (κ3) is 5.41. The Bertz CT molecular complexity index is 621. The zero-order valence-electron chi connectivity index (χ0n) is 14.6. The molecule has 0 bridgehead atoms. The minimum absolute atomic E-state index is 0.606. The van der Waals surface area contributed by atoms with Crippen molar-refractivity contribution in [2.24, 2.45) is 0 Å². The molecular formula is C17H26N6. The minimum Gasteiger partial charge on any atom is -0.378 e. The van der Waals surface area contributed by atoms with Gasteiger partial charge < -0.3 is 20.4 Å². The molecule has 0 aliphatic rings. The lowest BCUT2D eigenvalue weighted by molar-refractivity contribution is 0.425. The largest absolute Gasteiger partial charge is 0.378 e. The Morgan fingerprint density at radius 1 is 1.00 bits per heavy atom. The summed E-state index contributed by atoms with van der Waals surface area (Å²) in [6.45, 7) is 3.78. The molecule has 0 aliphatic heterocycles. The predicted molar refractivity (Wildman–Crippen MR) is 97.9 cm³/mol. The normalized spacial score (nSPS) is 10.7.